The molecule has 0 spiro atoms. The Morgan fingerprint density at radius 1 is 0.968 bits per heavy atom. The standard InChI is InChI=1S/C25H19ClN4O/c1-15-7-9-17(10-8-15)24-21-22(19-13-18(26)11-12-20(19)31-24)29-25-27-14-28-30(25)23(21)16-5-3-2-4-6-16/h2-14,23-24H,1H3,(H,27,28,29)/t23-,24+/m1/s1. The first-order valence-electron chi connectivity index (χ1n) is 10.2. The summed E-state index contributed by atoms with van der Waals surface area (Å²) < 4.78 is 8.53. The quantitative estimate of drug-likeness (QED) is 0.440. The van der Waals surface area contributed by atoms with Crippen molar-refractivity contribution in [2.75, 3.05) is 5.32 Å². The molecule has 0 unspecified atom stereocenters. The number of nitrogens with one attached hydrogen (secondary N) is 1. The molecular weight excluding hydrogens is 408 g/mol. The maximum absolute atomic E-state index is 6.61. The van der Waals surface area contributed by atoms with E-state index in [9.17, 15) is 0 Å². The summed E-state index contributed by atoms with van der Waals surface area (Å²) in [5.41, 5.74) is 6.41. The second-order valence-electron chi connectivity index (χ2n) is 7.85. The molecule has 2 aliphatic heterocycles. The Hall–Kier alpha value is -3.57. The maximum atomic E-state index is 6.61. The molecule has 2 aliphatic rings. The zero-order valence-corrected chi connectivity index (χ0v) is 17.5. The van der Waals surface area contributed by atoms with Crippen molar-refractivity contribution in [3.8, 4) is 5.75 Å². The Bertz CT molecular complexity index is 1310. The van der Waals surface area contributed by atoms with Crippen LogP contribution in [0.1, 0.15) is 34.4 Å². The molecule has 6 rings (SSSR count). The van der Waals surface area contributed by atoms with Crippen molar-refractivity contribution in [3.63, 3.8) is 0 Å². The van der Waals surface area contributed by atoms with Gasteiger partial charge in [0.15, 0.2) is 0 Å². The summed E-state index contributed by atoms with van der Waals surface area (Å²) in [6.45, 7) is 2.09. The fraction of sp³-hybridized carbons (Fsp3) is 0.120. The first-order chi connectivity index (χ1) is 15.2. The smallest absolute Gasteiger partial charge is 0.226 e. The van der Waals surface area contributed by atoms with Crippen LogP contribution >= 0.6 is 11.6 Å². The van der Waals surface area contributed by atoms with Crippen LogP contribution in [0.3, 0.4) is 0 Å². The van der Waals surface area contributed by atoms with E-state index in [2.05, 4.69) is 58.7 Å². The summed E-state index contributed by atoms with van der Waals surface area (Å²) in [4.78, 5) is 4.46. The molecule has 6 heteroatoms. The van der Waals surface area contributed by atoms with Gasteiger partial charge in [-0.05, 0) is 36.2 Å². The van der Waals surface area contributed by atoms with Crippen LogP contribution in [-0.4, -0.2) is 14.8 Å². The fourth-order valence-corrected chi connectivity index (χ4v) is 4.59. The Balaban J connectivity index is 1.64. The Kier molecular flexibility index (Phi) is 4.11. The molecule has 0 aliphatic carbocycles. The van der Waals surface area contributed by atoms with E-state index >= 15 is 0 Å². The highest BCUT2D eigenvalue weighted by Crippen LogP contribution is 2.50. The van der Waals surface area contributed by atoms with Gasteiger partial charge in [0.2, 0.25) is 5.95 Å². The normalized spacial score (nSPS) is 19.0. The molecule has 0 amide bonds. The van der Waals surface area contributed by atoms with Crippen LogP contribution in [0.4, 0.5) is 5.95 Å². The third-order valence-corrected chi connectivity index (χ3v) is 6.11. The van der Waals surface area contributed by atoms with Crippen LogP contribution in [0, 0.1) is 6.92 Å². The van der Waals surface area contributed by atoms with Crippen LogP contribution in [0.15, 0.2) is 84.7 Å². The van der Waals surface area contributed by atoms with Gasteiger partial charge in [-0.2, -0.15) is 10.1 Å². The second kappa shape index (κ2) is 7.00. The lowest BCUT2D eigenvalue weighted by atomic mass is 9.84. The molecule has 0 saturated heterocycles. The van der Waals surface area contributed by atoms with Gasteiger partial charge in [-0.3, -0.25) is 0 Å². The number of aromatic nitrogens is 3. The van der Waals surface area contributed by atoms with Crippen molar-refractivity contribution >= 4 is 23.2 Å². The summed E-state index contributed by atoms with van der Waals surface area (Å²) in [6, 6.07) is 24.4. The Morgan fingerprint density at radius 2 is 1.77 bits per heavy atom. The third kappa shape index (κ3) is 2.93. The van der Waals surface area contributed by atoms with Gasteiger partial charge < -0.3 is 10.1 Å². The number of halogens is 1. The highest BCUT2D eigenvalue weighted by molar-refractivity contribution is 6.30. The third-order valence-electron chi connectivity index (χ3n) is 5.87. The molecule has 0 fully saturated rings. The first-order valence-corrected chi connectivity index (χ1v) is 10.6. The SMILES string of the molecule is Cc1ccc([C@@H]2Oc3ccc(Cl)cc3C3=C2[C@@H](c2ccccc2)n2ncnc2N3)cc1. The lowest BCUT2D eigenvalue weighted by Crippen LogP contribution is -2.32. The zero-order valence-electron chi connectivity index (χ0n) is 16.8. The van der Waals surface area contributed by atoms with Gasteiger partial charge in [-0.1, -0.05) is 71.8 Å². The van der Waals surface area contributed by atoms with Crippen molar-refractivity contribution in [1.82, 2.24) is 14.8 Å². The number of aryl methyl sites for hydroxylation is 1. The summed E-state index contributed by atoms with van der Waals surface area (Å²) in [7, 11) is 0. The van der Waals surface area contributed by atoms with E-state index in [1.165, 1.54) is 5.56 Å². The number of anilines is 1. The minimum Gasteiger partial charge on any atom is -0.480 e. The highest BCUT2D eigenvalue weighted by Gasteiger charge is 2.40. The van der Waals surface area contributed by atoms with Crippen molar-refractivity contribution in [2.45, 2.75) is 19.1 Å². The van der Waals surface area contributed by atoms with Crippen molar-refractivity contribution in [1.29, 1.82) is 0 Å². The van der Waals surface area contributed by atoms with E-state index in [0.717, 1.165) is 33.7 Å². The van der Waals surface area contributed by atoms with E-state index in [0.29, 0.717) is 11.0 Å². The van der Waals surface area contributed by atoms with Crippen molar-refractivity contribution < 1.29 is 4.74 Å². The van der Waals surface area contributed by atoms with Gasteiger partial charge in [0, 0.05) is 16.2 Å². The minimum atomic E-state index is -0.278. The number of nitrogens with zero attached hydrogens (tertiary/aromatic N) is 3. The monoisotopic (exact) mass is 426 g/mol. The molecule has 1 aromatic heterocycles. The Labute approximate surface area is 185 Å². The number of hydrogen-bond acceptors (Lipinski definition) is 4. The zero-order chi connectivity index (χ0) is 20.9. The molecule has 31 heavy (non-hydrogen) atoms. The van der Waals surface area contributed by atoms with Crippen molar-refractivity contribution in [3.05, 3.63) is 112 Å². The average Bonchev–Trinajstić information content (AvgIpc) is 3.27. The summed E-state index contributed by atoms with van der Waals surface area (Å²) in [6.07, 6.45) is 1.30. The lowest BCUT2D eigenvalue weighted by Gasteiger charge is -2.39. The molecule has 3 aromatic carbocycles. The van der Waals surface area contributed by atoms with E-state index in [1.54, 1.807) is 6.33 Å². The fourth-order valence-electron chi connectivity index (χ4n) is 4.41. The molecule has 4 aromatic rings. The summed E-state index contributed by atoms with van der Waals surface area (Å²) >= 11 is 6.37. The summed E-state index contributed by atoms with van der Waals surface area (Å²) in [5.74, 6) is 1.49. The topological polar surface area (TPSA) is 52.0 Å². The average molecular weight is 427 g/mol. The first kappa shape index (κ1) is 18.2. The van der Waals surface area contributed by atoms with Gasteiger partial charge in [0.25, 0.3) is 0 Å². The Morgan fingerprint density at radius 3 is 2.58 bits per heavy atom. The van der Waals surface area contributed by atoms with E-state index in [1.807, 2.05) is 41.1 Å². The molecule has 0 radical (unpaired) electrons. The molecular formula is C25H19ClN4O. The van der Waals surface area contributed by atoms with Gasteiger partial charge in [0.1, 0.15) is 24.2 Å². The molecule has 3 heterocycles. The number of ether oxygens (including phenoxy) is 1. The predicted molar refractivity (Wildman–Crippen MR) is 121 cm³/mol. The van der Waals surface area contributed by atoms with E-state index < -0.39 is 0 Å². The number of hydrogen-bond donors (Lipinski definition) is 1. The van der Waals surface area contributed by atoms with Crippen LogP contribution < -0.4 is 10.1 Å². The van der Waals surface area contributed by atoms with E-state index in [-0.39, 0.29) is 12.1 Å². The largest absolute Gasteiger partial charge is 0.480 e. The van der Waals surface area contributed by atoms with Gasteiger partial charge in [0.05, 0.1) is 5.70 Å². The molecule has 5 nitrogen and oxygen atoms in total. The molecule has 152 valence electrons. The van der Waals surface area contributed by atoms with Crippen LogP contribution in [0.5, 0.6) is 5.75 Å². The van der Waals surface area contributed by atoms with Crippen LogP contribution in [0.2, 0.25) is 5.02 Å². The van der Waals surface area contributed by atoms with Gasteiger partial charge in [-0.15, -0.1) is 0 Å². The van der Waals surface area contributed by atoms with E-state index in [4.69, 9.17) is 16.3 Å². The predicted octanol–water partition coefficient (Wildman–Crippen LogP) is 5.80. The number of benzene rings is 3. The minimum absolute atomic E-state index is 0.159. The van der Waals surface area contributed by atoms with Gasteiger partial charge >= 0.3 is 0 Å². The number of rotatable bonds is 2. The van der Waals surface area contributed by atoms with Crippen LogP contribution in [-0.2, 0) is 0 Å². The van der Waals surface area contributed by atoms with Crippen molar-refractivity contribution in [2.24, 2.45) is 0 Å². The van der Waals surface area contributed by atoms with Crippen LogP contribution in [0.25, 0.3) is 5.70 Å². The van der Waals surface area contributed by atoms with Gasteiger partial charge in [-0.25, -0.2) is 4.68 Å². The molecule has 0 bridgehead atoms. The highest BCUT2D eigenvalue weighted by atomic mass is 35.5. The maximum Gasteiger partial charge on any atom is 0.226 e. The molecule has 0 saturated carbocycles. The summed E-state index contributed by atoms with van der Waals surface area (Å²) in [5, 5.41) is 8.71. The molecule has 2 atom stereocenters. The number of fused-ring (bicyclic) bond motifs is 3. The molecule has 1 N–H and O–H groups in total. The lowest BCUT2D eigenvalue weighted by molar-refractivity contribution is 0.223. The second-order valence-corrected chi connectivity index (χ2v) is 8.28.